The molecule has 1 amide bonds. The normalized spacial score (nSPS) is 23.2. The smallest absolute Gasteiger partial charge is 0.279 e. The zero-order valence-corrected chi connectivity index (χ0v) is 17.9. The quantitative estimate of drug-likeness (QED) is 0.452. The monoisotopic (exact) mass is 453 g/mol. The first-order valence-electron chi connectivity index (χ1n) is 9.54. The lowest BCUT2D eigenvalue weighted by molar-refractivity contribution is -0.205. The van der Waals surface area contributed by atoms with E-state index >= 15 is 0 Å². The third kappa shape index (κ3) is 4.29. The maximum atomic E-state index is 13.3. The lowest BCUT2D eigenvalue weighted by Gasteiger charge is -2.48. The Morgan fingerprint density at radius 3 is 2.39 bits per heavy atom. The molecule has 1 heterocycles. The number of hydroxylamine groups is 1. The number of carbonyl (C=O) groups excluding carboxylic acids is 1. The summed E-state index contributed by atoms with van der Waals surface area (Å²) in [6.45, 7) is 2.94. The van der Waals surface area contributed by atoms with Gasteiger partial charge in [0.1, 0.15) is 29.0 Å². The summed E-state index contributed by atoms with van der Waals surface area (Å²) in [6.07, 6.45) is -0.140. The maximum Gasteiger partial charge on any atom is 0.279 e. The van der Waals surface area contributed by atoms with E-state index in [4.69, 9.17) is 14.7 Å². The number of hydrogen-bond donors (Lipinski definition) is 3. The molecular weight excluding hydrogens is 429 g/mol. The van der Waals surface area contributed by atoms with Crippen LogP contribution in [0.5, 0.6) is 5.75 Å². The van der Waals surface area contributed by atoms with Gasteiger partial charge in [0.05, 0.1) is 4.90 Å². The number of benzene rings is 2. The van der Waals surface area contributed by atoms with Crippen molar-refractivity contribution in [3.63, 3.8) is 0 Å². The van der Waals surface area contributed by atoms with E-state index in [0.717, 1.165) is 5.56 Å². The highest BCUT2D eigenvalue weighted by Gasteiger charge is 2.62. The highest BCUT2D eigenvalue weighted by atomic mass is 32.2. The second-order valence-corrected chi connectivity index (χ2v) is 9.91. The van der Waals surface area contributed by atoms with E-state index in [-0.39, 0.29) is 30.3 Å². The van der Waals surface area contributed by atoms with Gasteiger partial charge in [0.25, 0.3) is 5.91 Å². The summed E-state index contributed by atoms with van der Waals surface area (Å²) in [5.74, 6) is -1.23. The Bertz CT molecular complexity index is 1040. The third-order valence-corrected chi connectivity index (χ3v) is 7.78. The van der Waals surface area contributed by atoms with Crippen LogP contribution < -0.4 is 10.2 Å². The van der Waals surface area contributed by atoms with E-state index in [1.54, 1.807) is 12.1 Å². The molecule has 1 fully saturated rings. The molecule has 0 spiro atoms. The zero-order chi connectivity index (χ0) is 22.9. The molecule has 3 N–H and O–H groups in total. The van der Waals surface area contributed by atoms with Crippen LogP contribution in [0.1, 0.15) is 25.8 Å². The van der Waals surface area contributed by atoms with Crippen LogP contribution in [-0.2, 0) is 26.0 Å². The summed E-state index contributed by atoms with van der Waals surface area (Å²) in [6, 6.07) is 11.3. The topological polar surface area (TPSA) is 122 Å². The fraction of sp³-hybridized carbons (Fsp3) is 0.381. The zero-order valence-electron chi connectivity index (χ0n) is 17.0. The Morgan fingerprint density at radius 1 is 1.19 bits per heavy atom. The Labute approximate surface area is 179 Å². The van der Waals surface area contributed by atoms with Gasteiger partial charge in [-0.15, -0.1) is 0 Å². The van der Waals surface area contributed by atoms with Crippen molar-refractivity contribution in [2.75, 3.05) is 6.61 Å². The molecule has 168 valence electrons. The molecule has 31 heavy (non-hydrogen) atoms. The second kappa shape index (κ2) is 8.54. The highest BCUT2D eigenvalue weighted by Crippen LogP contribution is 2.41. The van der Waals surface area contributed by atoms with E-state index in [0.29, 0.717) is 5.75 Å². The van der Waals surface area contributed by atoms with Gasteiger partial charge in [-0.1, -0.05) is 12.1 Å². The predicted molar refractivity (Wildman–Crippen MR) is 108 cm³/mol. The fourth-order valence-corrected chi connectivity index (χ4v) is 5.74. The minimum atomic E-state index is -4.18. The first-order valence-corrected chi connectivity index (χ1v) is 11.1. The van der Waals surface area contributed by atoms with Crippen LogP contribution in [0.15, 0.2) is 53.4 Å². The van der Waals surface area contributed by atoms with Gasteiger partial charge in [-0.2, -0.15) is 0 Å². The average Bonchev–Trinajstić information content (AvgIpc) is 2.74. The molecular formula is C21H24FNO7S. The van der Waals surface area contributed by atoms with Gasteiger partial charge in [-0.3, -0.25) is 10.0 Å². The molecule has 2 atom stereocenters. The minimum Gasteiger partial charge on any atom is -0.489 e. The van der Waals surface area contributed by atoms with E-state index in [1.165, 1.54) is 55.7 Å². The number of halogens is 1. The molecule has 0 radical (unpaired) electrons. The summed E-state index contributed by atoms with van der Waals surface area (Å²) >= 11 is 0. The van der Waals surface area contributed by atoms with Crippen molar-refractivity contribution in [2.45, 2.75) is 48.2 Å². The first kappa shape index (κ1) is 23.1. The summed E-state index contributed by atoms with van der Waals surface area (Å²) in [7, 11) is -4.18. The number of hydrogen-bond acceptors (Lipinski definition) is 7. The summed E-state index contributed by atoms with van der Waals surface area (Å²) < 4.78 is 50.6. The van der Waals surface area contributed by atoms with Crippen molar-refractivity contribution < 1.29 is 37.4 Å². The molecule has 0 bridgehead atoms. The minimum absolute atomic E-state index is 0.0107. The van der Waals surface area contributed by atoms with Gasteiger partial charge in [0.15, 0.2) is 15.4 Å². The average molecular weight is 453 g/mol. The van der Waals surface area contributed by atoms with Crippen molar-refractivity contribution in [1.29, 1.82) is 0 Å². The number of carbonyl (C=O) groups is 1. The van der Waals surface area contributed by atoms with Crippen LogP contribution in [0.2, 0.25) is 0 Å². The van der Waals surface area contributed by atoms with Crippen molar-refractivity contribution in [3.8, 4) is 5.75 Å². The Balaban J connectivity index is 1.83. The van der Waals surface area contributed by atoms with E-state index < -0.39 is 32.2 Å². The molecule has 0 aromatic heterocycles. The third-order valence-electron chi connectivity index (χ3n) is 5.52. The molecule has 10 heteroatoms. The van der Waals surface area contributed by atoms with Gasteiger partial charge >= 0.3 is 0 Å². The van der Waals surface area contributed by atoms with Crippen LogP contribution in [0.25, 0.3) is 0 Å². The van der Waals surface area contributed by atoms with Crippen molar-refractivity contribution in [1.82, 2.24) is 5.48 Å². The molecule has 2 unspecified atom stereocenters. The molecule has 2 aromatic rings. The van der Waals surface area contributed by atoms with Crippen molar-refractivity contribution in [3.05, 3.63) is 59.9 Å². The van der Waals surface area contributed by atoms with Crippen molar-refractivity contribution >= 4 is 15.7 Å². The first-order chi connectivity index (χ1) is 14.5. The van der Waals surface area contributed by atoms with Crippen LogP contribution >= 0.6 is 0 Å². The molecule has 1 saturated heterocycles. The highest BCUT2D eigenvalue weighted by molar-refractivity contribution is 7.92. The number of aliphatic hydroxyl groups is 1. The Hall–Kier alpha value is -2.53. The van der Waals surface area contributed by atoms with Crippen LogP contribution in [0, 0.1) is 5.82 Å². The molecule has 8 nitrogen and oxygen atoms in total. The maximum absolute atomic E-state index is 13.3. The van der Waals surface area contributed by atoms with E-state index in [9.17, 15) is 22.7 Å². The van der Waals surface area contributed by atoms with Gasteiger partial charge in [0.2, 0.25) is 0 Å². The number of nitrogens with one attached hydrogen (secondary N) is 1. The van der Waals surface area contributed by atoms with Gasteiger partial charge in [0, 0.05) is 6.61 Å². The number of amides is 1. The van der Waals surface area contributed by atoms with Gasteiger partial charge in [-0.25, -0.2) is 18.3 Å². The van der Waals surface area contributed by atoms with Crippen LogP contribution in [-0.4, -0.2) is 47.7 Å². The molecule has 2 aromatic carbocycles. The number of rotatable bonds is 6. The Morgan fingerprint density at radius 2 is 1.81 bits per heavy atom. The summed E-state index contributed by atoms with van der Waals surface area (Å²) in [4.78, 5) is 12.2. The standard InChI is InChI=1S/C21H24FNO7S/c1-20(2)21(25,19(24)23-26)18(11-12-30-20)31(27,28)17-9-7-16(8-10-17)29-13-14-3-5-15(22)6-4-14/h3-10,18,25-26H,11-13H2,1-2H3,(H,23,24). The van der Waals surface area contributed by atoms with Crippen LogP contribution in [0.4, 0.5) is 4.39 Å². The van der Waals surface area contributed by atoms with E-state index in [2.05, 4.69) is 0 Å². The van der Waals surface area contributed by atoms with E-state index in [1.807, 2.05) is 0 Å². The molecule has 0 saturated carbocycles. The number of ether oxygens (including phenoxy) is 2. The predicted octanol–water partition coefficient (Wildman–Crippen LogP) is 1.98. The number of sulfone groups is 1. The molecule has 0 aliphatic carbocycles. The van der Waals surface area contributed by atoms with Crippen molar-refractivity contribution in [2.24, 2.45) is 0 Å². The fourth-order valence-electron chi connectivity index (χ4n) is 3.65. The summed E-state index contributed by atoms with van der Waals surface area (Å²) in [5.41, 5.74) is -1.99. The van der Waals surface area contributed by atoms with Gasteiger partial charge < -0.3 is 14.6 Å². The second-order valence-electron chi connectivity index (χ2n) is 7.77. The van der Waals surface area contributed by atoms with Crippen LogP contribution in [0.3, 0.4) is 0 Å². The lowest BCUT2D eigenvalue weighted by atomic mass is 9.79. The largest absolute Gasteiger partial charge is 0.489 e. The SMILES string of the molecule is CC1(C)OCCC(S(=O)(=O)c2ccc(OCc3ccc(F)cc3)cc2)C1(O)C(=O)NO. The molecule has 1 aliphatic heterocycles. The molecule has 1 aliphatic rings. The van der Waals surface area contributed by atoms with Gasteiger partial charge in [-0.05, 0) is 62.2 Å². The lowest BCUT2D eigenvalue weighted by Crippen LogP contribution is -2.71. The molecule has 3 rings (SSSR count). The summed E-state index contributed by atoms with van der Waals surface area (Å²) in [5, 5.41) is 18.6. The Kier molecular flexibility index (Phi) is 6.38.